The minimum atomic E-state index is -0.291. The average Bonchev–Trinajstić information content (AvgIpc) is 3.63. The van der Waals surface area contributed by atoms with E-state index in [1.807, 2.05) is 108 Å². The van der Waals surface area contributed by atoms with Crippen LogP contribution in [0, 0.1) is 13.8 Å². The maximum atomic E-state index is 12.9. The van der Waals surface area contributed by atoms with Gasteiger partial charge in [0.05, 0.1) is 11.9 Å². The Bertz CT molecular complexity index is 1830. The lowest BCUT2D eigenvalue weighted by atomic mass is 10.1. The molecule has 7 nitrogen and oxygen atoms in total. The fraction of sp³-hybridized carbons (Fsp3) is 0.0833. The molecule has 212 valence electrons. The number of hydrogen-bond acceptors (Lipinski definition) is 4. The third-order valence-electron chi connectivity index (χ3n) is 7.17. The van der Waals surface area contributed by atoms with E-state index in [-0.39, 0.29) is 5.91 Å². The van der Waals surface area contributed by atoms with Crippen molar-refractivity contribution < 1.29 is 9.53 Å². The zero-order valence-corrected chi connectivity index (χ0v) is 24.0. The topological polar surface area (TPSA) is 73.4 Å². The second-order valence-electron chi connectivity index (χ2n) is 10.2. The van der Waals surface area contributed by atoms with E-state index in [1.54, 1.807) is 18.3 Å². The lowest BCUT2D eigenvalue weighted by molar-refractivity contribution is 0.0955. The van der Waals surface area contributed by atoms with Crippen LogP contribution in [0.1, 0.15) is 32.9 Å². The molecule has 0 aliphatic heterocycles. The SMILES string of the molecule is Cc1ccc(C)n1-c1ccc(C(=O)N/N=C\c2cn(-c3ccccc3)nc2-c2ccc(OCc3ccccc3)cc2)cc1. The molecule has 0 fully saturated rings. The van der Waals surface area contributed by atoms with Gasteiger partial charge < -0.3 is 9.30 Å². The molecule has 6 aromatic rings. The standard InChI is InChI=1S/C36H31N5O2/c1-26-13-14-27(2)41(26)33-19-15-30(16-20-33)36(42)38-37-23-31-24-40(32-11-7-4-8-12-32)39-35(31)29-17-21-34(22-18-29)43-25-28-9-5-3-6-10-28/h3-24H,25H2,1-2H3,(H,38,42)/b37-23-. The highest BCUT2D eigenvalue weighted by atomic mass is 16.5. The predicted molar refractivity (Wildman–Crippen MR) is 170 cm³/mol. The number of rotatable bonds is 9. The first-order chi connectivity index (χ1) is 21.0. The van der Waals surface area contributed by atoms with Crippen LogP contribution in [0.2, 0.25) is 0 Å². The van der Waals surface area contributed by atoms with E-state index in [9.17, 15) is 4.79 Å². The Morgan fingerprint density at radius 3 is 2.12 bits per heavy atom. The predicted octanol–water partition coefficient (Wildman–Crippen LogP) is 7.29. The number of para-hydroxylation sites is 1. The van der Waals surface area contributed by atoms with Gasteiger partial charge >= 0.3 is 0 Å². The summed E-state index contributed by atoms with van der Waals surface area (Å²) in [6.07, 6.45) is 3.52. The van der Waals surface area contributed by atoms with Gasteiger partial charge in [-0.1, -0.05) is 48.5 Å². The van der Waals surface area contributed by atoms with Gasteiger partial charge in [-0.25, -0.2) is 10.1 Å². The number of nitrogens with zero attached hydrogens (tertiary/aromatic N) is 4. The summed E-state index contributed by atoms with van der Waals surface area (Å²) >= 11 is 0. The summed E-state index contributed by atoms with van der Waals surface area (Å²) in [5, 5.41) is 9.13. The molecule has 0 bridgehead atoms. The van der Waals surface area contributed by atoms with Crippen molar-refractivity contribution in [1.82, 2.24) is 19.8 Å². The van der Waals surface area contributed by atoms with E-state index in [0.29, 0.717) is 12.2 Å². The number of hydrogen-bond donors (Lipinski definition) is 1. The zero-order valence-electron chi connectivity index (χ0n) is 24.0. The Kier molecular flexibility index (Phi) is 7.95. The Hall–Kier alpha value is -5.69. The quantitative estimate of drug-likeness (QED) is 0.148. The van der Waals surface area contributed by atoms with Crippen molar-refractivity contribution in [2.75, 3.05) is 0 Å². The third kappa shape index (κ3) is 6.31. The van der Waals surface area contributed by atoms with E-state index < -0.39 is 0 Å². The number of nitrogens with one attached hydrogen (secondary N) is 1. The van der Waals surface area contributed by atoms with Gasteiger partial charge in [0.15, 0.2) is 0 Å². The highest BCUT2D eigenvalue weighted by Crippen LogP contribution is 2.25. The molecule has 0 aliphatic rings. The van der Waals surface area contributed by atoms with Gasteiger partial charge in [0.2, 0.25) is 0 Å². The van der Waals surface area contributed by atoms with E-state index in [0.717, 1.165) is 50.9 Å². The molecule has 4 aromatic carbocycles. The van der Waals surface area contributed by atoms with Crippen LogP contribution >= 0.6 is 0 Å². The number of hydrazone groups is 1. The van der Waals surface area contributed by atoms with Crippen LogP contribution in [0.15, 0.2) is 133 Å². The highest BCUT2D eigenvalue weighted by Gasteiger charge is 2.13. The highest BCUT2D eigenvalue weighted by molar-refractivity contribution is 5.95. The van der Waals surface area contributed by atoms with Crippen molar-refractivity contribution in [1.29, 1.82) is 0 Å². The first-order valence-corrected chi connectivity index (χ1v) is 14.1. The Morgan fingerprint density at radius 1 is 0.791 bits per heavy atom. The van der Waals surface area contributed by atoms with Crippen molar-refractivity contribution in [3.8, 4) is 28.4 Å². The van der Waals surface area contributed by atoms with Crippen LogP contribution in [0.5, 0.6) is 5.75 Å². The minimum absolute atomic E-state index is 0.291. The van der Waals surface area contributed by atoms with Crippen molar-refractivity contribution in [3.05, 3.63) is 156 Å². The van der Waals surface area contributed by atoms with Gasteiger partial charge in [0, 0.05) is 40.0 Å². The molecule has 1 amide bonds. The number of amides is 1. The maximum absolute atomic E-state index is 12.9. The van der Waals surface area contributed by atoms with E-state index in [4.69, 9.17) is 9.84 Å². The average molecular weight is 566 g/mol. The van der Waals surface area contributed by atoms with Crippen LogP contribution in [-0.2, 0) is 6.61 Å². The lowest BCUT2D eigenvalue weighted by Gasteiger charge is -2.10. The van der Waals surface area contributed by atoms with Crippen molar-refractivity contribution >= 4 is 12.1 Å². The van der Waals surface area contributed by atoms with Crippen LogP contribution in [0.4, 0.5) is 0 Å². The lowest BCUT2D eigenvalue weighted by Crippen LogP contribution is -2.17. The number of carbonyl (C=O) groups is 1. The Balaban J connectivity index is 1.19. The Labute approximate surface area is 250 Å². The van der Waals surface area contributed by atoms with Crippen LogP contribution in [0.25, 0.3) is 22.6 Å². The van der Waals surface area contributed by atoms with Crippen LogP contribution < -0.4 is 10.2 Å². The number of aryl methyl sites for hydroxylation is 2. The molecule has 0 atom stereocenters. The second kappa shape index (κ2) is 12.4. The van der Waals surface area contributed by atoms with E-state index in [1.165, 1.54) is 0 Å². The summed E-state index contributed by atoms with van der Waals surface area (Å²) in [5.41, 5.74) is 10.9. The van der Waals surface area contributed by atoms with Crippen LogP contribution in [0.3, 0.4) is 0 Å². The fourth-order valence-electron chi connectivity index (χ4n) is 4.93. The summed E-state index contributed by atoms with van der Waals surface area (Å²) in [7, 11) is 0. The van der Waals surface area contributed by atoms with Gasteiger partial charge in [0.25, 0.3) is 5.91 Å². The molecule has 0 saturated heterocycles. The maximum Gasteiger partial charge on any atom is 0.271 e. The summed E-state index contributed by atoms with van der Waals surface area (Å²) < 4.78 is 9.91. The molecule has 2 aromatic heterocycles. The van der Waals surface area contributed by atoms with Crippen molar-refractivity contribution in [2.45, 2.75) is 20.5 Å². The minimum Gasteiger partial charge on any atom is -0.489 e. The number of ether oxygens (including phenoxy) is 1. The summed E-state index contributed by atoms with van der Waals surface area (Å²) in [6.45, 7) is 4.62. The van der Waals surface area contributed by atoms with Crippen molar-refractivity contribution in [3.63, 3.8) is 0 Å². The van der Waals surface area contributed by atoms with Gasteiger partial charge in [-0.2, -0.15) is 10.2 Å². The van der Waals surface area contributed by atoms with E-state index in [2.05, 4.69) is 41.1 Å². The van der Waals surface area contributed by atoms with Gasteiger partial charge in [-0.05, 0) is 92.2 Å². The molecular weight excluding hydrogens is 534 g/mol. The monoisotopic (exact) mass is 565 g/mol. The molecule has 0 radical (unpaired) electrons. The molecule has 0 spiro atoms. The number of aromatic nitrogens is 3. The van der Waals surface area contributed by atoms with E-state index >= 15 is 0 Å². The first-order valence-electron chi connectivity index (χ1n) is 14.1. The molecule has 0 saturated carbocycles. The van der Waals surface area contributed by atoms with Gasteiger partial charge in [-0.15, -0.1) is 0 Å². The van der Waals surface area contributed by atoms with Crippen molar-refractivity contribution in [2.24, 2.45) is 5.10 Å². The third-order valence-corrected chi connectivity index (χ3v) is 7.17. The first kappa shape index (κ1) is 27.5. The molecule has 0 aliphatic carbocycles. The number of benzene rings is 4. The largest absolute Gasteiger partial charge is 0.489 e. The van der Waals surface area contributed by atoms with Gasteiger partial charge in [0.1, 0.15) is 18.1 Å². The normalized spacial score (nSPS) is 11.1. The zero-order chi connectivity index (χ0) is 29.6. The smallest absolute Gasteiger partial charge is 0.271 e. The summed E-state index contributed by atoms with van der Waals surface area (Å²) in [4.78, 5) is 12.9. The summed E-state index contributed by atoms with van der Waals surface area (Å²) in [6, 6.07) is 39.4. The summed E-state index contributed by atoms with van der Waals surface area (Å²) in [5.74, 6) is 0.478. The van der Waals surface area contributed by atoms with Crippen LogP contribution in [-0.4, -0.2) is 26.5 Å². The molecule has 2 heterocycles. The fourth-order valence-corrected chi connectivity index (χ4v) is 4.93. The second-order valence-corrected chi connectivity index (χ2v) is 10.2. The molecular formula is C36H31N5O2. The molecule has 6 rings (SSSR count). The Morgan fingerprint density at radius 2 is 1.44 bits per heavy atom. The molecule has 7 heteroatoms. The van der Waals surface area contributed by atoms with Gasteiger partial charge in [-0.3, -0.25) is 4.79 Å². The molecule has 43 heavy (non-hydrogen) atoms. The number of carbonyl (C=O) groups excluding carboxylic acids is 1. The molecule has 1 N–H and O–H groups in total. The molecule has 0 unspecified atom stereocenters.